The maximum Gasteiger partial charge on any atom is 0.313 e. The Morgan fingerprint density at radius 2 is 1.75 bits per heavy atom. The van der Waals surface area contributed by atoms with Crippen LogP contribution < -0.4 is 0 Å². The van der Waals surface area contributed by atoms with Gasteiger partial charge < -0.3 is 23.4 Å². The van der Waals surface area contributed by atoms with Gasteiger partial charge in [0.25, 0.3) is 0 Å². The van der Waals surface area contributed by atoms with E-state index in [2.05, 4.69) is 56.5 Å². The van der Waals surface area contributed by atoms with Crippen molar-refractivity contribution in [1.29, 1.82) is 5.26 Å². The molecule has 0 aromatic carbocycles. The SMILES string of the molecule is COC(=O)C[C@@]1(C#N)CC(=O)[C@@]2(C(I)CCO[Si](C)(C)C(C)(C)C)O[C@@H]1[C@H](C(=O)OC)[C@H]2C(=O)OC. The van der Waals surface area contributed by atoms with Gasteiger partial charge in [-0.2, -0.15) is 5.26 Å². The number of ketones is 1. The zero-order valence-electron chi connectivity index (χ0n) is 22.1. The van der Waals surface area contributed by atoms with E-state index in [0.29, 0.717) is 13.0 Å². The van der Waals surface area contributed by atoms with Crippen molar-refractivity contribution in [2.45, 2.75) is 73.8 Å². The molecule has 0 radical (unpaired) electrons. The van der Waals surface area contributed by atoms with Crippen molar-refractivity contribution in [3.8, 4) is 6.07 Å². The molecule has 2 rings (SSSR count). The predicted molar refractivity (Wildman–Crippen MR) is 138 cm³/mol. The van der Waals surface area contributed by atoms with Gasteiger partial charge in [-0.1, -0.05) is 43.4 Å². The predicted octanol–water partition coefficient (Wildman–Crippen LogP) is 2.96. The highest BCUT2D eigenvalue weighted by molar-refractivity contribution is 14.1. The first-order valence-electron chi connectivity index (χ1n) is 11.7. The summed E-state index contributed by atoms with van der Waals surface area (Å²) in [5.41, 5.74) is -3.45. The average molecular weight is 638 g/mol. The zero-order chi connectivity index (χ0) is 27.7. The molecule has 36 heavy (non-hydrogen) atoms. The van der Waals surface area contributed by atoms with Crippen molar-refractivity contribution in [3.05, 3.63) is 0 Å². The molecule has 202 valence electrons. The maximum atomic E-state index is 13.8. The molecule has 0 N–H and O–H groups in total. The van der Waals surface area contributed by atoms with Gasteiger partial charge in [0.15, 0.2) is 19.7 Å². The number of carbonyl (C=O) groups excluding carboxylic acids is 4. The van der Waals surface area contributed by atoms with Crippen LogP contribution in [0.25, 0.3) is 0 Å². The molecule has 0 aliphatic carbocycles. The van der Waals surface area contributed by atoms with Crippen molar-refractivity contribution >= 4 is 54.6 Å². The molecule has 0 amide bonds. The van der Waals surface area contributed by atoms with E-state index in [4.69, 9.17) is 23.4 Å². The first kappa shape index (κ1) is 30.7. The average Bonchev–Trinajstić information content (AvgIpc) is 3.15. The van der Waals surface area contributed by atoms with E-state index in [0.717, 1.165) is 21.3 Å². The van der Waals surface area contributed by atoms with Crippen LogP contribution in [0.2, 0.25) is 18.1 Å². The van der Waals surface area contributed by atoms with Gasteiger partial charge >= 0.3 is 17.9 Å². The number of esters is 3. The lowest BCUT2D eigenvalue weighted by molar-refractivity contribution is -0.178. The number of methoxy groups -OCH3 is 3. The summed E-state index contributed by atoms with van der Waals surface area (Å²) in [6.07, 6.45) is -1.76. The van der Waals surface area contributed by atoms with Crippen molar-refractivity contribution in [1.82, 2.24) is 0 Å². The van der Waals surface area contributed by atoms with Crippen LogP contribution in [0.3, 0.4) is 0 Å². The lowest BCUT2D eigenvalue weighted by atomic mass is 9.71. The highest BCUT2D eigenvalue weighted by Crippen LogP contribution is 2.59. The Balaban J connectivity index is 2.56. The van der Waals surface area contributed by atoms with Crippen molar-refractivity contribution in [2.24, 2.45) is 17.3 Å². The Morgan fingerprint density at radius 1 is 1.17 bits per heavy atom. The molecule has 2 heterocycles. The van der Waals surface area contributed by atoms with Crippen molar-refractivity contribution < 1.29 is 42.6 Å². The van der Waals surface area contributed by atoms with Gasteiger partial charge in [0.1, 0.15) is 17.3 Å². The Morgan fingerprint density at radius 3 is 2.22 bits per heavy atom. The Hall–Kier alpha value is -1.56. The molecule has 2 aliphatic rings. The van der Waals surface area contributed by atoms with E-state index in [1.807, 2.05) is 6.07 Å². The minimum atomic E-state index is -2.09. The molecular formula is C24H36INO9Si. The molecular weight excluding hydrogens is 601 g/mol. The van der Waals surface area contributed by atoms with Crippen LogP contribution in [0.1, 0.15) is 40.0 Å². The third kappa shape index (κ3) is 5.21. The van der Waals surface area contributed by atoms with Crippen LogP contribution in [0, 0.1) is 28.6 Å². The van der Waals surface area contributed by atoms with Gasteiger partial charge in [0.05, 0.1) is 43.8 Å². The molecule has 0 saturated carbocycles. The van der Waals surface area contributed by atoms with Crippen LogP contribution >= 0.6 is 22.6 Å². The van der Waals surface area contributed by atoms with Crippen molar-refractivity contribution in [3.63, 3.8) is 0 Å². The van der Waals surface area contributed by atoms with Crippen LogP contribution in [0.5, 0.6) is 0 Å². The summed E-state index contributed by atoms with van der Waals surface area (Å²) in [7, 11) is 1.38. The van der Waals surface area contributed by atoms with Crippen LogP contribution in [-0.4, -0.2) is 75.6 Å². The molecule has 2 aliphatic heterocycles. The second-order valence-corrected chi connectivity index (χ2v) is 17.2. The molecule has 1 unspecified atom stereocenters. The number of nitrogens with zero attached hydrogens (tertiary/aromatic N) is 1. The van der Waals surface area contributed by atoms with E-state index in [-0.39, 0.29) is 11.5 Å². The third-order valence-corrected chi connectivity index (χ3v) is 14.0. The van der Waals surface area contributed by atoms with Crippen molar-refractivity contribution in [2.75, 3.05) is 27.9 Å². The van der Waals surface area contributed by atoms with E-state index >= 15 is 0 Å². The molecule has 6 atom stereocenters. The highest BCUT2D eigenvalue weighted by atomic mass is 127. The number of alkyl halides is 1. The second-order valence-electron chi connectivity index (χ2n) is 10.9. The molecule has 0 spiro atoms. The molecule has 0 aromatic heterocycles. The van der Waals surface area contributed by atoms with Gasteiger partial charge in [0.2, 0.25) is 0 Å². The molecule has 0 aromatic rings. The fourth-order valence-electron chi connectivity index (χ4n) is 4.79. The van der Waals surface area contributed by atoms with E-state index in [9.17, 15) is 24.4 Å². The maximum absolute atomic E-state index is 13.8. The van der Waals surface area contributed by atoms with E-state index < -0.39 is 71.3 Å². The Labute approximate surface area is 226 Å². The van der Waals surface area contributed by atoms with Gasteiger partial charge in [-0.15, -0.1) is 0 Å². The fourth-order valence-corrected chi connectivity index (χ4v) is 6.99. The summed E-state index contributed by atoms with van der Waals surface area (Å²) in [6.45, 7) is 10.9. The summed E-state index contributed by atoms with van der Waals surface area (Å²) >= 11 is 2.05. The number of carbonyl (C=O) groups is 4. The number of Topliss-reactive ketones (excluding diaryl/α,β-unsaturated/α-hetero) is 1. The quantitative estimate of drug-likeness (QED) is 0.122. The van der Waals surface area contributed by atoms with Crippen LogP contribution in [0.4, 0.5) is 0 Å². The normalized spacial score (nSPS) is 30.8. The largest absolute Gasteiger partial charge is 0.469 e. The van der Waals surface area contributed by atoms with Crippen LogP contribution in [0.15, 0.2) is 0 Å². The second kappa shape index (κ2) is 11.0. The standard InChI is InChI=1S/C24H36INO9Si/c1-22(2,3)36(7,8)34-10-9-14(25)24-15(27)11-23(13-26,12-16(28)31-4)19(35-24)17(20(29)32-5)18(24)21(30)33-6/h14,17-19H,9-12H2,1-8H3/t14?,17-,18+,19-,23-,24-/m1/s1. The van der Waals surface area contributed by atoms with Gasteiger partial charge in [-0.3, -0.25) is 19.2 Å². The Kier molecular flexibility index (Phi) is 9.41. The summed E-state index contributed by atoms with van der Waals surface area (Å²) in [5, 5.41) is 10.1. The third-order valence-electron chi connectivity index (χ3n) is 7.87. The first-order valence-corrected chi connectivity index (χ1v) is 15.9. The topological polar surface area (TPSA) is 138 Å². The fraction of sp³-hybridized carbons (Fsp3) is 0.792. The summed E-state index contributed by atoms with van der Waals surface area (Å²) in [4.78, 5) is 52.2. The van der Waals surface area contributed by atoms with Crippen LogP contribution in [-0.2, 0) is 42.6 Å². The summed E-state index contributed by atoms with van der Waals surface area (Å²) in [5.74, 6) is -5.60. The number of rotatable bonds is 9. The molecule has 2 saturated heterocycles. The first-order chi connectivity index (χ1) is 16.6. The number of nitriles is 1. The molecule has 2 fully saturated rings. The van der Waals surface area contributed by atoms with E-state index in [1.54, 1.807) is 0 Å². The lowest BCUT2D eigenvalue weighted by Gasteiger charge is -2.44. The lowest BCUT2D eigenvalue weighted by Crippen LogP contribution is -2.59. The molecule has 12 heteroatoms. The monoisotopic (exact) mass is 637 g/mol. The number of hydrogen-bond acceptors (Lipinski definition) is 10. The number of fused-ring (bicyclic) bond motifs is 2. The molecule has 10 nitrogen and oxygen atoms in total. The highest BCUT2D eigenvalue weighted by Gasteiger charge is 2.75. The van der Waals surface area contributed by atoms with Gasteiger partial charge in [-0.25, -0.2) is 0 Å². The number of hydrogen-bond donors (Lipinski definition) is 0. The van der Waals surface area contributed by atoms with E-state index in [1.165, 1.54) is 0 Å². The summed E-state index contributed by atoms with van der Waals surface area (Å²) in [6, 6.07) is 2.03. The minimum absolute atomic E-state index is 0.0213. The zero-order valence-corrected chi connectivity index (χ0v) is 25.3. The number of ether oxygens (including phenoxy) is 4. The smallest absolute Gasteiger partial charge is 0.313 e. The van der Waals surface area contributed by atoms with Gasteiger partial charge in [-0.05, 0) is 24.6 Å². The number of halogens is 1. The van der Waals surface area contributed by atoms with Gasteiger partial charge in [0, 0.05) is 13.0 Å². The molecule has 2 bridgehead atoms. The summed E-state index contributed by atoms with van der Waals surface area (Å²) < 4.78 is 26.7. The minimum Gasteiger partial charge on any atom is -0.469 e. The Bertz CT molecular complexity index is 943.